The maximum Gasteiger partial charge on any atom is 0.123 e. The third kappa shape index (κ3) is 2.47. The van der Waals surface area contributed by atoms with Gasteiger partial charge >= 0.3 is 0 Å². The van der Waals surface area contributed by atoms with E-state index in [4.69, 9.17) is 0 Å². The van der Waals surface area contributed by atoms with E-state index in [1.807, 2.05) is 6.07 Å². The van der Waals surface area contributed by atoms with E-state index < -0.39 is 0 Å². The van der Waals surface area contributed by atoms with Gasteiger partial charge in [0.05, 0.1) is 0 Å². The standard InChI is InChI=1S/C21H29FN2/c22-17-4-5-20-19(13-17)21(14-23-20)6-8-24(9-7-21)18-11-15-2-1-3-16(10-15)12-18/h4-5,13,15-16,18,23H,1-3,6-12,14H2. The first-order chi connectivity index (χ1) is 11.7. The second-order valence-electron chi connectivity index (χ2n) is 8.88. The van der Waals surface area contributed by atoms with Gasteiger partial charge in [0, 0.05) is 23.7 Å². The highest BCUT2D eigenvalue weighted by Crippen LogP contribution is 2.46. The van der Waals surface area contributed by atoms with Crippen molar-refractivity contribution in [3.63, 3.8) is 0 Å². The zero-order valence-electron chi connectivity index (χ0n) is 14.6. The minimum atomic E-state index is -0.0839. The highest BCUT2D eigenvalue weighted by atomic mass is 19.1. The van der Waals surface area contributed by atoms with E-state index in [0.717, 1.165) is 30.1 Å². The molecule has 1 spiro atoms. The largest absolute Gasteiger partial charge is 0.384 e. The van der Waals surface area contributed by atoms with Crippen LogP contribution in [0.3, 0.4) is 0 Å². The molecule has 2 atom stereocenters. The number of nitrogens with zero attached hydrogens (tertiary/aromatic N) is 1. The van der Waals surface area contributed by atoms with Gasteiger partial charge in [-0.2, -0.15) is 0 Å². The van der Waals surface area contributed by atoms with Gasteiger partial charge in [0.15, 0.2) is 0 Å². The molecule has 2 unspecified atom stereocenters. The minimum absolute atomic E-state index is 0.0839. The summed E-state index contributed by atoms with van der Waals surface area (Å²) in [6, 6.07) is 6.12. The first-order valence-electron chi connectivity index (χ1n) is 10.00. The third-order valence-electron chi connectivity index (χ3n) is 7.54. The average Bonchev–Trinajstić information content (AvgIpc) is 2.93. The van der Waals surface area contributed by atoms with E-state index >= 15 is 0 Å². The summed E-state index contributed by atoms with van der Waals surface area (Å²) in [5, 5.41) is 3.53. The number of benzene rings is 1. The van der Waals surface area contributed by atoms with E-state index in [2.05, 4.69) is 10.2 Å². The Morgan fingerprint density at radius 1 is 1.04 bits per heavy atom. The van der Waals surface area contributed by atoms with E-state index in [9.17, 15) is 4.39 Å². The van der Waals surface area contributed by atoms with Gasteiger partial charge in [-0.15, -0.1) is 0 Å². The van der Waals surface area contributed by atoms with Crippen LogP contribution in [0.1, 0.15) is 56.9 Å². The maximum atomic E-state index is 13.8. The number of hydrogen-bond donors (Lipinski definition) is 1. The minimum Gasteiger partial charge on any atom is -0.384 e. The quantitative estimate of drug-likeness (QED) is 0.813. The van der Waals surface area contributed by atoms with Crippen molar-refractivity contribution in [2.45, 2.75) is 62.8 Å². The highest BCUT2D eigenvalue weighted by molar-refractivity contribution is 5.60. The molecule has 1 N–H and O–H groups in total. The van der Waals surface area contributed by atoms with Gasteiger partial charge in [0.1, 0.15) is 5.82 Å². The molecule has 24 heavy (non-hydrogen) atoms. The molecule has 3 heteroatoms. The van der Waals surface area contributed by atoms with Crippen LogP contribution in [0.5, 0.6) is 0 Å². The van der Waals surface area contributed by atoms with Crippen LogP contribution in [0.4, 0.5) is 10.1 Å². The molecule has 1 saturated heterocycles. The Bertz CT molecular complexity index is 608. The van der Waals surface area contributed by atoms with Crippen molar-refractivity contribution in [2.75, 3.05) is 25.0 Å². The van der Waals surface area contributed by atoms with E-state index in [0.29, 0.717) is 0 Å². The lowest BCUT2D eigenvalue weighted by atomic mass is 9.69. The number of rotatable bonds is 1. The number of fused-ring (bicyclic) bond motifs is 4. The lowest BCUT2D eigenvalue weighted by Gasteiger charge is -2.48. The molecule has 4 aliphatic rings. The Balaban J connectivity index is 1.29. The van der Waals surface area contributed by atoms with E-state index in [1.165, 1.54) is 70.0 Å². The summed E-state index contributed by atoms with van der Waals surface area (Å²) in [7, 11) is 0. The van der Waals surface area contributed by atoms with Gasteiger partial charge in [0.2, 0.25) is 0 Å². The smallest absolute Gasteiger partial charge is 0.123 e. The normalized spacial score (nSPS) is 34.8. The Morgan fingerprint density at radius 2 is 1.79 bits per heavy atom. The van der Waals surface area contributed by atoms with Gasteiger partial charge in [-0.3, -0.25) is 0 Å². The summed E-state index contributed by atoms with van der Waals surface area (Å²) in [6.07, 6.45) is 11.2. The number of likely N-dealkylation sites (tertiary alicyclic amines) is 1. The SMILES string of the molecule is Fc1ccc2c(c1)C1(CCN(C3CC4CCCC(C4)C3)CC1)CN2. The fourth-order valence-electron chi connectivity index (χ4n) is 6.23. The van der Waals surface area contributed by atoms with Crippen LogP contribution in [0.2, 0.25) is 0 Å². The molecule has 0 amide bonds. The average molecular weight is 328 g/mol. The first-order valence-corrected chi connectivity index (χ1v) is 10.00. The predicted octanol–water partition coefficient (Wildman–Crippen LogP) is 4.55. The summed E-state index contributed by atoms with van der Waals surface area (Å²) < 4.78 is 13.8. The Morgan fingerprint density at radius 3 is 2.54 bits per heavy atom. The molecular weight excluding hydrogens is 299 g/mol. The molecule has 2 aliphatic heterocycles. The van der Waals surface area contributed by atoms with Crippen LogP contribution >= 0.6 is 0 Å². The molecule has 2 bridgehead atoms. The Kier molecular flexibility index (Phi) is 3.62. The molecule has 2 aliphatic carbocycles. The van der Waals surface area contributed by atoms with Gasteiger partial charge < -0.3 is 10.2 Å². The fraction of sp³-hybridized carbons (Fsp3) is 0.714. The number of anilines is 1. The number of hydrogen-bond acceptors (Lipinski definition) is 2. The van der Waals surface area contributed by atoms with E-state index in [1.54, 1.807) is 12.1 Å². The molecule has 0 aromatic heterocycles. The summed E-state index contributed by atoms with van der Waals surface area (Å²) in [6.45, 7) is 3.39. The molecule has 3 fully saturated rings. The van der Waals surface area contributed by atoms with Crippen LogP contribution in [0.15, 0.2) is 18.2 Å². The molecule has 1 aromatic rings. The topological polar surface area (TPSA) is 15.3 Å². The van der Waals surface area contributed by atoms with Crippen molar-refractivity contribution in [2.24, 2.45) is 11.8 Å². The van der Waals surface area contributed by atoms with Crippen molar-refractivity contribution >= 4 is 5.69 Å². The van der Waals surface area contributed by atoms with Gasteiger partial charge in [0.25, 0.3) is 0 Å². The predicted molar refractivity (Wildman–Crippen MR) is 95.8 cm³/mol. The molecule has 0 radical (unpaired) electrons. The lowest BCUT2D eigenvalue weighted by molar-refractivity contribution is 0.0453. The molecular formula is C21H29FN2. The zero-order chi connectivity index (χ0) is 16.1. The zero-order valence-corrected chi connectivity index (χ0v) is 14.6. The maximum absolute atomic E-state index is 13.8. The van der Waals surface area contributed by atoms with Gasteiger partial charge in [-0.25, -0.2) is 4.39 Å². The summed E-state index contributed by atoms with van der Waals surface area (Å²) in [4.78, 5) is 2.78. The molecule has 1 aromatic carbocycles. The van der Waals surface area contributed by atoms with Crippen LogP contribution in [0.25, 0.3) is 0 Å². The number of nitrogens with one attached hydrogen (secondary N) is 1. The monoisotopic (exact) mass is 328 g/mol. The molecule has 2 nitrogen and oxygen atoms in total. The second-order valence-corrected chi connectivity index (χ2v) is 8.88. The molecule has 2 saturated carbocycles. The van der Waals surface area contributed by atoms with Crippen molar-refractivity contribution in [3.05, 3.63) is 29.6 Å². The number of halogens is 1. The van der Waals surface area contributed by atoms with Crippen molar-refractivity contribution < 1.29 is 4.39 Å². The first kappa shape index (κ1) is 15.2. The van der Waals surface area contributed by atoms with Crippen LogP contribution in [-0.4, -0.2) is 30.6 Å². The van der Waals surface area contributed by atoms with Gasteiger partial charge in [-0.05, 0) is 80.8 Å². The Labute approximate surface area is 144 Å². The summed E-state index contributed by atoms with van der Waals surface area (Å²) in [5.74, 6) is 1.92. The fourth-order valence-corrected chi connectivity index (χ4v) is 6.23. The van der Waals surface area contributed by atoms with E-state index in [-0.39, 0.29) is 11.2 Å². The van der Waals surface area contributed by atoms with Crippen LogP contribution < -0.4 is 5.32 Å². The molecule has 130 valence electrons. The van der Waals surface area contributed by atoms with Crippen molar-refractivity contribution in [1.82, 2.24) is 4.90 Å². The van der Waals surface area contributed by atoms with Crippen LogP contribution in [-0.2, 0) is 5.41 Å². The van der Waals surface area contributed by atoms with Gasteiger partial charge in [-0.1, -0.05) is 19.3 Å². The van der Waals surface area contributed by atoms with Crippen molar-refractivity contribution in [3.8, 4) is 0 Å². The second kappa shape index (κ2) is 5.72. The summed E-state index contributed by atoms with van der Waals surface area (Å²) in [5.41, 5.74) is 2.58. The third-order valence-corrected chi connectivity index (χ3v) is 7.54. The molecule has 5 rings (SSSR count). The lowest BCUT2D eigenvalue weighted by Crippen LogP contribution is -2.50. The number of piperidine rings is 1. The van der Waals surface area contributed by atoms with Crippen molar-refractivity contribution in [1.29, 1.82) is 0 Å². The highest BCUT2D eigenvalue weighted by Gasteiger charge is 2.44. The summed E-state index contributed by atoms with van der Waals surface area (Å²) >= 11 is 0. The Hall–Kier alpha value is -1.09. The van der Waals surface area contributed by atoms with Crippen LogP contribution in [0, 0.1) is 17.7 Å². The molecule has 2 heterocycles.